The third-order valence-corrected chi connectivity index (χ3v) is 3.19. The van der Waals surface area contributed by atoms with E-state index in [-0.39, 0.29) is 23.3 Å². The van der Waals surface area contributed by atoms with E-state index in [0.29, 0.717) is 18.7 Å². The molecule has 2 N–H and O–H groups in total. The number of hydrogen-bond donors (Lipinski definition) is 2. The number of carbonyl (C=O) groups is 2. The van der Waals surface area contributed by atoms with Crippen molar-refractivity contribution in [3.05, 3.63) is 23.9 Å². The van der Waals surface area contributed by atoms with Gasteiger partial charge < -0.3 is 5.32 Å². The molecule has 2 heterocycles. The molecule has 0 spiro atoms. The maximum atomic E-state index is 11.6. The Balaban J connectivity index is 2.04. The first-order chi connectivity index (χ1) is 8.86. The summed E-state index contributed by atoms with van der Waals surface area (Å²) in [5, 5.41) is 5.37. The van der Waals surface area contributed by atoms with Crippen LogP contribution in [0.3, 0.4) is 0 Å². The Labute approximate surface area is 112 Å². The van der Waals surface area contributed by atoms with E-state index in [1.165, 1.54) is 0 Å². The Morgan fingerprint density at radius 3 is 2.58 bits per heavy atom. The SMILES string of the molecule is CC(C)(C)c1ccc(NC2CCC(=O)NC2=O)nc1. The number of amides is 2. The van der Waals surface area contributed by atoms with Crippen LogP contribution < -0.4 is 10.6 Å². The Hall–Kier alpha value is -1.91. The number of nitrogens with zero attached hydrogens (tertiary/aromatic N) is 1. The summed E-state index contributed by atoms with van der Waals surface area (Å²) in [6.07, 6.45) is 2.69. The molecule has 102 valence electrons. The zero-order valence-electron chi connectivity index (χ0n) is 11.5. The van der Waals surface area contributed by atoms with E-state index in [1.807, 2.05) is 18.3 Å². The summed E-state index contributed by atoms with van der Waals surface area (Å²) in [5.74, 6) is 0.166. The van der Waals surface area contributed by atoms with Gasteiger partial charge in [0.05, 0.1) is 0 Å². The highest BCUT2D eigenvalue weighted by molar-refractivity contribution is 6.01. The summed E-state index contributed by atoms with van der Waals surface area (Å²) >= 11 is 0. The van der Waals surface area contributed by atoms with E-state index in [1.54, 1.807) is 0 Å². The standard InChI is InChI=1S/C14H19N3O2/c1-14(2,3)9-4-6-11(15-8-9)16-10-5-7-12(18)17-13(10)19/h4,6,8,10H,5,7H2,1-3H3,(H,15,16)(H,17,18,19). The molecular weight excluding hydrogens is 242 g/mol. The third kappa shape index (κ3) is 3.30. The van der Waals surface area contributed by atoms with Crippen molar-refractivity contribution in [2.24, 2.45) is 0 Å². The van der Waals surface area contributed by atoms with E-state index in [9.17, 15) is 9.59 Å². The Kier molecular flexibility index (Phi) is 3.55. The molecule has 0 aromatic carbocycles. The highest BCUT2D eigenvalue weighted by Gasteiger charge is 2.26. The lowest BCUT2D eigenvalue weighted by atomic mass is 9.88. The van der Waals surface area contributed by atoms with Crippen molar-refractivity contribution in [1.82, 2.24) is 10.3 Å². The molecule has 1 unspecified atom stereocenters. The lowest BCUT2D eigenvalue weighted by molar-refractivity contribution is -0.133. The number of anilines is 1. The molecule has 1 atom stereocenters. The summed E-state index contributed by atoms with van der Waals surface area (Å²) < 4.78 is 0. The van der Waals surface area contributed by atoms with Gasteiger partial charge in [-0.15, -0.1) is 0 Å². The van der Waals surface area contributed by atoms with Crippen LogP contribution in [0.1, 0.15) is 39.2 Å². The second kappa shape index (κ2) is 4.99. The lowest BCUT2D eigenvalue weighted by Gasteiger charge is -2.23. The average molecular weight is 261 g/mol. The number of pyridine rings is 1. The topological polar surface area (TPSA) is 71.1 Å². The van der Waals surface area contributed by atoms with E-state index >= 15 is 0 Å². The molecule has 0 bridgehead atoms. The molecule has 1 saturated heterocycles. The van der Waals surface area contributed by atoms with E-state index in [2.05, 4.69) is 36.4 Å². The van der Waals surface area contributed by atoms with Gasteiger partial charge >= 0.3 is 0 Å². The van der Waals surface area contributed by atoms with Gasteiger partial charge in [-0.3, -0.25) is 14.9 Å². The third-order valence-electron chi connectivity index (χ3n) is 3.19. The number of carbonyl (C=O) groups excluding carboxylic acids is 2. The van der Waals surface area contributed by atoms with Crippen molar-refractivity contribution in [2.75, 3.05) is 5.32 Å². The van der Waals surface area contributed by atoms with Crippen LogP contribution in [0.2, 0.25) is 0 Å². The van der Waals surface area contributed by atoms with Gasteiger partial charge in [-0.25, -0.2) is 4.98 Å². The fraction of sp³-hybridized carbons (Fsp3) is 0.500. The summed E-state index contributed by atoms with van der Waals surface area (Å²) in [6.45, 7) is 6.37. The molecule has 1 fully saturated rings. The Morgan fingerprint density at radius 1 is 1.32 bits per heavy atom. The first-order valence-electron chi connectivity index (χ1n) is 6.43. The molecule has 1 aromatic heterocycles. The van der Waals surface area contributed by atoms with Crippen LogP contribution in [0.15, 0.2) is 18.3 Å². The fourth-order valence-electron chi connectivity index (χ4n) is 1.93. The quantitative estimate of drug-likeness (QED) is 0.793. The zero-order valence-corrected chi connectivity index (χ0v) is 11.5. The molecule has 5 heteroatoms. The summed E-state index contributed by atoms with van der Waals surface area (Å²) in [6, 6.07) is 3.48. The molecule has 5 nitrogen and oxygen atoms in total. The van der Waals surface area contributed by atoms with Crippen LogP contribution in [-0.4, -0.2) is 22.8 Å². The molecule has 1 aromatic rings. The maximum Gasteiger partial charge on any atom is 0.249 e. The van der Waals surface area contributed by atoms with Crippen molar-refractivity contribution in [1.29, 1.82) is 0 Å². The number of rotatable bonds is 2. The second-order valence-corrected chi connectivity index (χ2v) is 5.83. The average Bonchev–Trinajstić information content (AvgIpc) is 2.32. The smallest absolute Gasteiger partial charge is 0.249 e. The van der Waals surface area contributed by atoms with Crippen molar-refractivity contribution in [3.8, 4) is 0 Å². The predicted molar refractivity (Wildman–Crippen MR) is 72.7 cm³/mol. The number of hydrogen-bond acceptors (Lipinski definition) is 4. The Morgan fingerprint density at radius 2 is 2.05 bits per heavy atom. The van der Waals surface area contributed by atoms with Gasteiger partial charge in [0.25, 0.3) is 0 Å². The van der Waals surface area contributed by atoms with Crippen LogP contribution in [0.5, 0.6) is 0 Å². The van der Waals surface area contributed by atoms with Crippen LogP contribution in [0.25, 0.3) is 0 Å². The molecule has 0 saturated carbocycles. The van der Waals surface area contributed by atoms with Crippen LogP contribution in [-0.2, 0) is 15.0 Å². The van der Waals surface area contributed by atoms with Gasteiger partial charge in [-0.05, 0) is 23.5 Å². The second-order valence-electron chi connectivity index (χ2n) is 5.83. The van der Waals surface area contributed by atoms with Crippen molar-refractivity contribution in [2.45, 2.75) is 45.1 Å². The largest absolute Gasteiger partial charge is 0.358 e. The molecule has 1 aliphatic rings. The zero-order chi connectivity index (χ0) is 14.0. The summed E-state index contributed by atoms with van der Waals surface area (Å²) in [5.41, 5.74) is 1.20. The molecule has 1 aliphatic heterocycles. The van der Waals surface area contributed by atoms with Gasteiger partial charge in [0.2, 0.25) is 11.8 Å². The van der Waals surface area contributed by atoms with Crippen LogP contribution in [0, 0.1) is 0 Å². The monoisotopic (exact) mass is 261 g/mol. The van der Waals surface area contributed by atoms with Gasteiger partial charge in [0.1, 0.15) is 11.9 Å². The molecule has 2 amide bonds. The van der Waals surface area contributed by atoms with Crippen molar-refractivity contribution >= 4 is 17.6 Å². The molecule has 0 aliphatic carbocycles. The molecule has 2 rings (SSSR count). The molecule has 19 heavy (non-hydrogen) atoms. The lowest BCUT2D eigenvalue weighted by Crippen LogP contribution is -2.47. The highest BCUT2D eigenvalue weighted by Crippen LogP contribution is 2.22. The maximum absolute atomic E-state index is 11.6. The van der Waals surface area contributed by atoms with E-state index in [4.69, 9.17) is 0 Å². The molecular formula is C14H19N3O2. The van der Waals surface area contributed by atoms with Crippen molar-refractivity contribution < 1.29 is 9.59 Å². The minimum atomic E-state index is -0.384. The van der Waals surface area contributed by atoms with Gasteiger partial charge in [0, 0.05) is 12.6 Å². The predicted octanol–water partition coefficient (Wildman–Crippen LogP) is 1.60. The molecule has 0 radical (unpaired) electrons. The minimum absolute atomic E-state index is 0.0557. The van der Waals surface area contributed by atoms with E-state index < -0.39 is 0 Å². The van der Waals surface area contributed by atoms with Crippen molar-refractivity contribution in [3.63, 3.8) is 0 Å². The number of piperidine rings is 1. The van der Waals surface area contributed by atoms with Gasteiger partial charge in [0.15, 0.2) is 0 Å². The van der Waals surface area contributed by atoms with E-state index in [0.717, 1.165) is 5.56 Å². The highest BCUT2D eigenvalue weighted by atomic mass is 16.2. The van der Waals surface area contributed by atoms with Crippen LogP contribution in [0.4, 0.5) is 5.82 Å². The first-order valence-corrected chi connectivity index (χ1v) is 6.43. The Bertz CT molecular complexity index is 488. The number of nitrogens with one attached hydrogen (secondary N) is 2. The van der Waals surface area contributed by atoms with Gasteiger partial charge in [-0.1, -0.05) is 26.8 Å². The normalized spacial score (nSPS) is 20.1. The minimum Gasteiger partial charge on any atom is -0.358 e. The van der Waals surface area contributed by atoms with Crippen LogP contribution >= 0.6 is 0 Å². The summed E-state index contributed by atoms with van der Waals surface area (Å²) in [7, 11) is 0. The summed E-state index contributed by atoms with van der Waals surface area (Å²) in [4.78, 5) is 27.0. The number of imide groups is 1. The first kappa shape index (κ1) is 13.5. The van der Waals surface area contributed by atoms with Gasteiger partial charge in [-0.2, -0.15) is 0 Å². The number of aromatic nitrogens is 1. The fourth-order valence-corrected chi connectivity index (χ4v) is 1.93.